The number of nitrogens with zero attached hydrogens (tertiary/aromatic N) is 2. The summed E-state index contributed by atoms with van der Waals surface area (Å²) in [7, 11) is 1.58. The molecule has 0 aromatic heterocycles. The molecule has 0 unspecified atom stereocenters. The molecule has 0 saturated carbocycles. The third-order valence-corrected chi connectivity index (χ3v) is 4.53. The van der Waals surface area contributed by atoms with E-state index in [0.29, 0.717) is 17.9 Å². The average Bonchev–Trinajstić information content (AvgIpc) is 3.24. The van der Waals surface area contributed by atoms with Crippen molar-refractivity contribution in [2.45, 2.75) is 31.7 Å². The summed E-state index contributed by atoms with van der Waals surface area (Å²) < 4.78 is 5.18. The lowest BCUT2D eigenvalue weighted by Crippen LogP contribution is -2.46. The van der Waals surface area contributed by atoms with Crippen molar-refractivity contribution in [3.05, 3.63) is 29.8 Å². The maximum atomic E-state index is 12.7. The van der Waals surface area contributed by atoms with Crippen LogP contribution in [0.4, 0.5) is 0 Å². The van der Waals surface area contributed by atoms with Crippen LogP contribution in [0.5, 0.6) is 5.75 Å². The van der Waals surface area contributed by atoms with Gasteiger partial charge in [-0.2, -0.15) is 0 Å². The number of ether oxygens (including phenoxy) is 1. The second kappa shape index (κ2) is 6.38. The number of rotatable bonds is 3. The largest absolute Gasteiger partial charge is 0.497 e. The minimum absolute atomic E-state index is 0.0750. The minimum Gasteiger partial charge on any atom is -0.497 e. The monoisotopic (exact) mass is 302 g/mol. The van der Waals surface area contributed by atoms with E-state index in [1.165, 1.54) is 0 Å². The van der Waals surface area contributed by atoms with Gasteiger partial charge in [0.05, 0.1) is 7.11 Å². The topological polar surface area (TPSA) is 49.9 Å². The normalized spacial score (nSPS) is 21.2. The van der Waals surface area contributed by atoms with Gasteiger partial charge in [0.25, 0.3) is 5.91 Å². The van der Waals surface area contributed by atoms with E-state index in [0.717, 1.165) is 38.8 Å². The van der Waals surface area contributed by atoms with Crippen molar-refractivity contribution in [2.75, 3.05) is 26.7 Å². The van der Waals surface area contributed by atoms with Gasteiger partial charge in [-0.05, 0) is 43.9 Å². The number of hydrogen-bond donors (Lipinski definition) is 0. The Morgan fingerprint density at radius 2 is 1.91 bits per heavy atom. The molecule has 1 aromatic carbocycles. The highest BCUT2D eigenvalue weighted by Crippen LogP contribution is 2.24. The first-order chi connectivity index (χ1) is 10.7. The van der Waals surface area contributed by atoms with Gasteiger partial charge in [-0.3, -0.25) is 9.59 Å². The van der Waals surface area contributed by atoms with Crippen molar-refractivity contribution >= 4 is 11.8 Å². The number of benzene rings is 1. The zero-order valence-corrected chi connectivity index (χ0v) is 13.0. The van der Waals surface area contributed by atoms with Crippen LogP contribution in [0.15, 0.2) is 24.3 Å². The van der Waals surface area contributed by atoms with Crippen LogP contribution >= 0.6 is 0 Å². The quantitative estimate of drug-likeness (QED) is 0.857. The lowest BCUT2D eigenvalue weighted by Gasteiger charge is -2.28. The van der Waals surface area contributed by atoms with Crippen molar-refractivity contribution in [3.63, 3.8) is 0 Å². The van der Waals surface area contributed by atoms with Gasteiger partial charge in [-0.1, -0.05) is 6.07 Å². The van der Waals surface area contributed by atoms with Crippen LogP contribution in [0.2, 0.25) is 0 Å². The maximum absolute atomic E-state index is 12.7. The minimum atomic E-state index is -0.295. The second-order valence-electron chi connectivity index (χ2n) is 5.92. The van der Waals surface area contributed by atoms with Gasteiger partial charge in [0, 0.05) is 25.2 Å². The van der Waals surface area contributed by atoms with Crippen molar-refractivity contribution in [1.82, 2.24) is 9.80 Å². The molecule has 2 saturated heterocycles. The lowest BCUT2D eigenvalue weighted by atomic mass is 10.1. The third-order valence-electron chi connectivity index (χ3n) is 4.53. The molecule has 5 nitrogen and oxygen atoms in total. The first-order valence-electron chi connectivity index (χ1n) is 7.94. The molecular formula is C17H22N2O3. The molecule has 22 heavy (non-hydrogen) atoms. The number of hydrogen-bond acceptors (Lipinski definition) is 3. The van der Waals surface area contributed by atoms with E-state index >= 15 is 0 Å². The van der Waals surface area contributed by atoms with E-state index in [2.05, 4.69) is 0 Å². The van der Waals surface area contributed by atoms with Gasteiger partial charge in [0.2, 0.25) is 5.91 Å². The van der Waals surface area contributed by atoms with E-state index in [4.69, 9.17) is 4.74 Å². The SMILES string of the molecule is COc1cccc(C(=O)N2CCC[C@H]2C(=O)N2CCCC2)c1. The summed E-state index contributed by atoms with van der Waals surface area (Å²) in [4.78, 5) is 29.0. The van der Waals surface area contributed by atoms with E-state index in [1.807, 2.05) is 11.0 Å². The Hall–Kier alpha value is -2.04. The van der Waals surface area contributed by atoms with Gasteiger partial charge < -0.3 is 14.5 Å². The summed E-state index contributed by atoms with van der Waals surface area (Å²) in [5, 5.41) is 0. The summed E-state index contributed by atoms with van der Waals surface area (Å²) in [5.41, 5.74) is 0.584. The molecule has 0 aliphatic carbocycles. The summed E-state index contributed by atoms with van der Waals surface area (Å²) in [6.45, 7) is 2.31. The molecule has 1 aromatic rings. The summed E-state index contributed by atoms with van der Waals surface area (Å²) >= 11 is 0. The van der Waals surface area contributed by atoms with Crippen LogP contribution in [0.1, 0.15) is 36.0 Å². The highest BCUT2D eigenvalue weighted by Gasteiger charge is 2.37. The van der Waals surface area contributed by atoms with Crippen molar-refractivity contribution < 1.29 is 14.3 Å². The molecule has 0 bridgehead atoms. The third kappa shape index (κ3) is 2.80. The van der Waals surface area contributed by atoms with Gasteiger partial charge in [0.15, 0.2) is 0 Å². The second-order valence-corrected chi connectivity index (χ2v) is 5.92. The molecule has 2 heterocycles. The smallest absolute Gasteiger partial charge is 0.254 e. The summed E-state index contributed by atoms with van der Waals surface area (Å²) in [5.74, 6) is 0.702. The standard InChI is InChI=1S/C17H22N2O3/c1-22-14-7-4-6-13(12-14)16(20)19-11-5-8-15(19)17(21)18-9-2-3-10-18/h4,6-7,12,15H,2-3,5,8-11H2,1H3/t15-/m0/s1. The molecule has 2 fully saturated rings. The molecule has 2 amide bonds. The Balaban J connectivity index is 1.76. The molecule has 118 valence electrons. The van der Waals surface area contributed by atoms with Crippen LogP contribution in [-0.4, -0.2) is 54.4 Å². The summed E-state index contributed by atoms with van der Waals surface area (Å²) in [6.07, 6.45) is 3.80. The maximum Gasteiger partial charge on any atom is 0.254 e. The molecule has 0 radical (unpaired) electrons. The number of carbonyl (C=O) groups is 2. The van der Waals surface area contributed by atoms with Crippen LogP contribution < -0.4 is 4.74 Å². The van der Waals surface area contributed by atoms with Crippen molar-refractivity contribution in [2.24, 2.45) is 0 Å². The predicted molar refractivity (Wildman–Crippen MR) is 82.9 cm³/mol. The van der Waals surface area contributed by atoms with Gasteiger partial charge in [0.1, 0.15) is 11.8 Å². The van der Waals surface area contributed by atoms with Crippen LogP contribution in [0, 0.1) is 0 Å². The molecule has 5 heteroatoms. The highest BCUT2D eigenvalue weighted by atomic mass is 16.5. The zero-order chi connectivity index (χ0) is 15.5. The molecular weight excluding hydrogens is 280 g/mol. The van der Waals surface area contributed by atoms with Crippen molar-refractivity contribution in [3.8, 4) is 5.75 Å². The lowest BCUT2D eigenvalue weighted by molar-refractivity contribution is -0.134. The van der Waals surface area contributed by atoms with Gasteiger partial charge >= 0.3 is 0 Å². The first kappa shape index (κ1) is 14.9. The Bertz CT molecular complexity index is 567. The van der Waals surface area contributed by atoms with E-state index in [9.17, 15) is 9.59 Å². The van der Waals surface area contributed by atoms with Crippen LogP contribution in [0.25, 0.3) is 0 Å². The fourth-order valence-electron chi connectivity index (χ4n) is 3.34. The van der Waals surface area contributed by atoms with Crippen LogP contribution in [0.3, 0.4) is 0 Å². The summed E-state index contributed by atoms with van der Waals surface area (Å²) in [6, 6.07) is 6.84. The van der Waals surface area contributed by atoms with E-state index in [1.54, 1.807) is 30.2 Å². The average molecular weight is 302 g/mol. The fraction of sp³-hybridized carbons (Fsp3) is 0.529. The molecule has 3 rings (SSSR count). The Labute approximate surface area is 130 Å². The molecule has 1 atom stereocenters. The van der Waals surface area contributed by atoms with Gasteiger partial charge in [-0.15, -0.1) is 0 Å². The van der Waals surface area contributed by atoms with E-state index < -0.39 is 0 Å². The van der Waals surface area contributed by atoms with Gasteiger partial charge in [-0.25, -0.2) is 0 Å². The number of likely N-dealkylation sites (tertiary alicyclic amines) is 2. The van der Waals surface area contributed by atoms with Crippen LogP contribution in [-0.2, 0) is 4.79 Å². The highest BCUT2D eigenvalue weighted by molar-refractivity contribution is 5.98. The predicted octanol–water partition coefficient (Wildman–Crippen LogP) is 1.92. The molecule has 2 aliphatic heterocycles. The number of carbonyl (C=O) groups excluding carboxylic acids is 2. The number of methoxy groups -OCH3 is 1. The number of amides is 2. The first-order valence-corrected chi connectivity index (χ1v) is 7.94. The molecule has 0 N–H and O–H groups in total. The Morgan fingerprint density at radius 1 is 1.14 bits per heavy atom. The molecule has 0 spiro atoms. The van der Waals surface area contributed by atoms with Crippen molar-refractivity contribution in [1.29, 1.82) is 0 Å². The zero-order valence-electron chi connectivity index (χ0n) is 13.0. The van der Waals surface area contributed by atoms with E-state index in [-0.39, 0.29) is 17.9 Å². The molecule has 2 aliphatic rings. The fourth-order valence-corrected chi connectivity index (χ4v) is 3.34. The Morgan fingerprint density at radius 3 is 2.64 bits per heavy atom. The Kier molecular flexibility index (Phi) is 4.32.